The predicted octanol–water partition coefficient (Wildman–Crippen LogP) is 5.44. The van der Waals surface area contributed by atoms with Gasteiger partial charge in [-0.1, -0.05) is 41.9 Å². The number of hydrogen-bond donors (Lipinski definition) is 2. The minimum atomic E-state index is -0.278. The first-order chi connectivity index (χ1) is 12.6. The van der Waals surface area contributed by atoms with Gasteiger partial charge < -0.3 is 11.1 Å². The number of carbonyl (C=O) groups is 1. The average Bonchev–Trinajstić information content (AvgIpc) is 2.65. The minimum absolute atomic E-state index is 0.278. The summed E-state index contributed by atoms with van der Waals surface area (Å²) in [6.07, 6.45) is 3.39. The van der Waals surface area contributed by atoms with Crippen LogP contribution in [-0.2, 0) is 0 Å². The Morgan fingerprint density at radius 1 is 0.923 bits per heavy atom. The highest BCUT2D eigenvalue weighted by Crippen LogP contribution is 2.26. The quantitative estimate of drug-likeness (QED) is 0.606. The lowest BCUT2D eigenvalue weighted by molar-refractivity contribution is 0.251. The summed E-state index contributed by atoms with van der Waals surface area (Å²) in [5.41, 5.74) is 8.78. The molecule has 0 radical (unpaired) electrons. The Morgan fingerprint density at radius 3 is 2.31 bits per heavy atom. The van der Waals surface area contributed by atoms with Crippen LogP contribution in [0.2, 0.25) is 5.02 Å². The molecule has 26 heavy (non-hydrogen) atoms. The van der Waals surface area contributed by atoms with Crippen LogP contribution in [0.3, 0.4) is 0 Å². The highest BCUT2D eigenvalue weighted by Gasteiger charge is 2.16. The average molecular weight is 364 g/mol. The lowest BCUT2D eigenvalue weighted by atomic mass is 10.2. The van der Waals surface area contributed by atoms with Gasteiger partial charge in [-0.2, -0.15) is 0 Å². The zero-order valence-electron chi connectivity index (χ0n) is 14.0. The molecule has 0 saturated heterocycles. The molecule has 0 aliphatic heterocycles. The number of amides is 2. The van der Waals surface area contributed by atoms with Crippen LogP contribution in [0.15, 0.2) is 85.1 Å². The van der Waals surface area contributed by atoms with Crippen molar-refractivity contribution in [2.24, 2.45) is 0 Å². The summed E-state index contributed by atoms with van der Waals surface area (Å²) in [5, 5.41) is 3.44. The fourth-order valence-corrected chi connectivity index (χ4v) is 2.67. The monoisotopic (exact) mass is 363 g/mol. The molecule has 0 aromatic heterocycles. The number of nitrogen functional groups attached to an aromatic ring is 1. The molecule has 0 unspecified atom stereocenters. The van der Waals surface area contributed by atoms with Gasteiger partial charge in [-0.05, 0) is 60.2 Å². The number of hydrogen-bond acceptors (Lipinski definition) is 2. The van der Waals surface area contributed by atoms with Crippen LogP contribution in [-0.4, -0.2) is 6.03 Å². The highest BCUT2D eigenvalue weighted by molar-refractivity contribution is 6.30. The largest absolute Gasteiger partial charge is 0.399 e. The normalized spacial score (nSPS) is 10.7. The van der Waals surface area contributed by atoms with E-state index < -0.39 is 0 Å². The zero-order valence-corrected chi connectivity index (χ0v) is 14.7. The molecule has 0 aliphatic carbocycles. The van der Waals surface area contributed by atoms with Crippen LogP contribution in [0.25, 0.3) is 6.08 Å². The minimum Gasteiger partial charge on any atom is -0.399 e. The van der Waals surface area contributed by atoms with Crippen molar-refractivity contribution in [3.8, 4) is 0 Å². The molecule has 4 nitrogen and oxygen atoms in total. The molecule has 0 atom stereocenters. The number of halogens is 1. The van der Waals surface area contributed by atoms with Gasteiger partial charge in [0.1, 0.15) is 0 Å². The van der Waals surface area contributed by atoms with Crippen LogP contribution in [0.1, 0.15) is 5.56 Å². The molecule has 3 rings (SSSR count). The number of carbonyl (C=O) groups excluding carboxylic acids is 1. The van der Waals surface area contributed by atoms with Gasteiger partial charge in [-0.15, -0.1) is 0 Å². The number of rotatable bonds is 4. The Kier molecular flexibility index (Phi) is 5.56. The van der Waals surface area contributed by atoms with Crippen LogP contribution in [0.5, 0.6) is 0 Å². The van der Waals surface area contributed by atoms with Crippen molar-refractivity contribution in [2.45, 2.75) is 0 Å². The van der Waals surface area contributed by atoms with Gasteiger partial charge >= 0.3 is 6.03 Å². The number of nitrogens with zero attached hydrogens (tertiary/aromatic N) is 1. The van der Waals surface area contributed by atoms with Crippen molar-refractivity contribution in [1.29, 1.82) is 0 Å². The maximum Gasteiger partial charge on any atom is 0.330 e. The van der Waals surface area contributed by atoms with Crippen LogP contribution >= 0.6 is 11.6 Å². The summed E-state index contributed by atoms with van der Waals surface area (Å²) in [7, 11) is 0. The second-order valence-electron chi connectivity index (χ2n) is 5.60. The van der Waals surface area contributed by atoms with E-state index in [0.717, 1.165) is 16.9 Å². The molecule has 0 aliphatic rings. The van der Waals surface area contributed by atoms with Gasteiger partial charge in [0.15, 0.2) is 0 Å². The number of urea groups is 1. The van der Waals surface area contributed by atoms with Crippen LogP contribution in [0, 0.1) is 0 Å². The molecule has 0 bridgehead atoms. The van der Waals surface area contributed by atoms with Crippen LogP contribution in [0.4, 0.5) is 21.9 Å². The van der Waals surface area contributed by atoms with Gasteiger partial charge in [0.2, 0.25) is 0 Å². The Bertz CT molecular complexity index is 908. The first-order valence-corrected chi connectivity index (χ1v) is 8.44. The Labute approximate surface area is 157 Å². The molecule has 3 aromatic carbocycles. The van der Waals surface area contributed by atoms with Gasteiger partial charge in [0.05, 0.1) is 11.4 Å². The number of nitrogens with two attached hydrogens (primary N) is 1. The number of para-hydroxylation sites is 1. The molecule has 0 spiro atoms. The summed E-state index contributed by atoms with van der Waals surface area (Å²) in [5.74, 6) is 0. The Balaban J connectivity index is 1.82. The van der Waals surface area contributed by atoms with E-state index in [4.69, 9.17) is 17.3 Å². The van der Waals surface area contributed by atoms with Gasteiger partial charge in [-0.3, -0.25) is 4.90 Å². The van der Waals surface area contributed by atoms with Crippen molar-refractivity contribution >= 4 is 40.8 Å². The third-order valence-corrected chi connectivity index (χ3v) is 3.94. The first-order valence-electron chi connectivity index (χ1n) is 8.07. The molecule has 2 amide bonds. The zero-order chi connectivity index (χ0) is 18.4. The molecule has 3 N–H and O–H groups in total. The van der Waals surface area contributed by atoms with Crippen molar-refractivity contribution in [2.75, 3.05) is 10.6 Å². The summed E-state index contributed by atoms with van der Waals surface area (Å²) in [4.78, 5) is 14.4. The van der Waals surface area contributed by atoms with Gasteiger partial charge in [0.25, 0.3) is 0 Å². The molecule has 0 heterocycles. The van der Waals surface area contributed by atoms with Gasteiger partial charge in [0, 0.05) is 16.9 Å². The number of anilines is 3. The lowest BCUT2D eigenvalue weighted by Gasteiger charge is -2.22. The van der Waals surface area contributed by atoms with Gasteiger partial charge in [-0.25, -0.2) is 4.79 Å². The maximum atomic E-state index is 12.8. The fourth-order valence-electron chi connectivity index (χ4n) is 2.47. The smallest absolute Gasteiger partial charge is 0.330 e. The van der Waals surface area contributed by atoms with E-state index in [9.17, 15) is 4.79 Å². The molecule has 0 saturated carbocycles. The van der Waals surface area contributed by atoms with E-state index in [-0.39, 0.29) is 6.03 Å². The second kappa shape index (κ2) is 8.23. The Morgan fingerprint density at radius 2 is 1.62 bits per heavy atom. The van der Waals surface area contributed by atoms with Crippen molar-refractivity contribution in [3.05, 3.63) is 95.6 Å². The molecule has 3 aromatic rings. The summed E-state index contributed by atoms with van der Waals surface area (Å²) < 4.78 is 0. The fraction of sp³-hybridized carbons (Fsp3) is 0. The van der Waals surface area contributed by atoms with E-state index in [2.05, 4.69) is 5.32 Å². The van der Waals surface area contributed by atoms with Crippen LogP contribution < -0.4 is 16.0 Å². The van der Waals surface area contributed by atoms with Crippen molar-refractivity contribution < 1.29 is 4.79 Å². The summed E-state index contributed by atoms with van der Waals surface area (Å²) in [6.45, 7) is 0. The lowest BCUT2D eigenvalue weighted by Crippen LogP contribution is -2.33. The summed E-state index contributed by atoms with van der Waals surface area (Å²) in [6, 6.07) is 23.7. The third kappa shape index (κ3) is 4.43. The molecule has 5 heteroatoms. The molecular formula is C21H18ClN3O. The Hall–Kier alpha value is -3.24. The summed E-state index contributed by atoms with van der Waals surface area (Å²) >= 11 is 5.97. The highest BCUT2D eigenvalue weighted by atomic mass is 35.5. The number of nitrogens with one attached hydrogen (secondary N) is 1. The van der Waals surface area contributed by atoms with Crippen molar-refractivity contribution in [1.82, 2.24) is 5.32 Å². The standard InChI is InChI=1S/C21H18ClN3O/c22-17-6-4-5-16(15-17)13-14-24-21(26)25(19-7-2-1-3-8-19)20-11-9-18(23)10-12-20/h1-15H,23H2,(H,24,26)/b14-13+. The number of benzene rings is 3. The maximum absolute atomic E-state index is 12.8. The van der Waals surface area contributed by atoms with Crippen molar-refractivity contribution in [3.63, 3.8) is 0 Å². The van der Waals surface area contributed by atoms with E-state index >= 15 is 0 Å². The topological polar surface area (TPSA) is 58.4 Å². The predicted molar refractivity (Wildman–Crippen MR) is 108 cm³/mol. The molecule has 130 valence electrons. The molecule has 0 fully saturated rings. The second-order valence-corrected chi connectivity index (χ2v) is 6.04. The van der Waals surface area contributed by atoms with E-state index in [1.807, 2.05) is 60.7 Å². The van der Waals surface area contributed by atoms with E-state index in [1.165, 1.54) is 0 Å². The van der Waals surface area contributed by atoms with E-state index in [1.54, 1.807) is 35.4 Å². The first kappa shape index (κ1) is 17.6. The third-order valence-electron chi connectivity index (χ3n) is 3.70. The molecular weight excluding hydrogens is 346 g/mol. The van der Waals surface area contributed by atoms with E-state index in [0.29, 0.717) is 10.7 Å². The SMILES string of the molecule is Nc1ccc(N(C(=O)N/C=C/c2cccc(Cl)c2)c2ccccc2)cc1.